The zero-order valence-corrected chi connectivity index (χ0v) is 16.7. The molecule has 1 aromatic heterocycles. The van der Waals surface area contributed by atoms with Gasteiger partial charge in [0.1, 0.15) is 5.69 Å². The number of imidazole rings is 1. The first kappa shape index (κ1) is 18.5. The molecule has 0 N–H and O–H groups in total. The lowest BCUT2D eigenvalue weighted by Crippen LogP contribution is -2.39. The third-order valence-electron chi connectivity index (χ3n) is 6.65. The molecule has 0 unspecified atom stereocenters. The molecular weight excluding hydrogens is 340 g/mol. The lowest BCUT2D eigenvalue weighted by molar-refractivity contribution is 0.0678. The molecule has 6 heteroatoms. The van der Waals surface area contributed by atoms with E-state index in [1.165, 1.54) is 0 Å². The third-order valence-corrected chi connectivity index (χ3v) is 6.65. The van der Waals surface area contributed by atoms with Gasteiger partial charge in [0.25, 0.3) is 11.8 Å². The van der Waals surface area contributed by atoms with Crippen molar-refractivity contribution in [1.82, 2.24) is 19.4 Å². The van der Waals surface area contributed by atoms with E-state index in [0.29, 0.717) is 23.4 Å². The molecule has 3 aliphatic rings. The van der Waals surface area contributed by atoms with E-state index in [9.17, 15) is 9.59 Å². The van der Waals surface area contributed by atoms with Crippen molar-refractivity contribution in [2.45, 2.75) is 65.3 Å². The Labute approximate surface area is 161 Å². The van der Waals surface area contributed by atoms with Crippen LogP contribution in [-0.2, 0) is 13.0 Å². The maximum atomic E-state index is 13.2. The maximum absolute atomic E-state index is 13.2. The minimum atomic E-state index is 0.0105. The highest BCUT2D eigenvalue weighted by Gasteiger charge is 2.33. The van der Waals surface area contributed by atoms with Crippen molar-refractivity contribution in [3.8, 4) is 0 Å². The molecule has 4 rings (SSSR count). The molecule has 0 atom stereocenters. The van der Waals surface area contributed by atoms with Crippen molar-refractivity contribution in [2.75, 3.05) is 26.2 Å². The Balaban J connectivity index is 1.60. The van der Waals surface area contributed by atoms with E-state index in [2.05, 4.69) is 18.8 Å². The Morgan fingerprint density at radius 2 is 1.37 bits per heavy atom. The van der Waals surface area contributed by atoms with Crippen molar-refractivity contribution in [3.05, 3.63) is 17.2 Å². The van der Waals surface area contributed by atoms with E-state index in [4.69, 9.17) is 0 Å². The topological polar surface area (TPSA) is 58.4 Å². The van der Waals surface area contributed by atoms with E-state index in [-0.39, 0.29) is 11.8 Å². The van der Waals surface area contributed by atoms with Crippen LogP contribution in [0, 0.1) is 11.8 Å². The average molecular weight is 373 g/mol. The fourth-order valence-corrected chi connectivity index (χ4v) is 4.59. The fourth-order valence-electron chi connectivity index (χ4n) is 4.59. The van der Waals surface area contributed by atoms with Gasteiger partial charge in [-0.15, -0.1) is 0 Å². The lowest BCUT2D eigenvalue weighted by Gasteiger charge is -2.30. The van der Waals surface area contributed by atoms with Gasteiger partial charge < -0.3 is 14.4 Å². The highest BCUT2D eigenvalue weighted by atomic mass is 16.2. The van der Waals surface area contributed by atoms with Crippen LogP contribution in [0.15, 0.2) is 0 Å². The summed E-state index contributed by atoms with van der Waals surface area (Å²) in [4.78, 5) is 34.8. The van der Waals surface area contributed by atoms with Gasteiger partial charge in [0.15, 0.2) is 5.82 Å². The molecule has 3 aliphatic heterocycles. The van der Waals surface area contributed by atoms with Crippen molar-refractivity contribution in [3.63, 3.8) is 0 Å². The summed E-state index contributed by atoms with van der Waals surface area (Å²) in [7, 11) is 0. The Morgan fingerprint density at radius 3 is 1.96 bits per heavy atom. The Bertz CT molecular complexity index is 652. The number of carbonyl (C=O) groups is 2. The summed E-state index contributed by atoms with van der Waals surface area (Å²) in [5.74, 6) is 1.90. The number of fused-ring (bicyclic) bond motifs is 1. The monoisotopic (exact) mass is 372 g/mol. The van der Waals surface area contributed by atoms with Crippen LogP contribution in [0.25, 0.3) is 0 Å². The molecule has 148 valence electrons. The molecular formula is C21H32N4O2. The molecule has 2 saturated heterocycles. The van der Waals surface area contributed by atoms with Gasteiger partial charge >= 0.3 is 0 Å². The average Bonchev–Trinajstić information content (AvgIpc) is 3.08. The largest absolute Gasteiger partial charge is 0.337 e. The van der Waals surface area contributed by atoms with Crippen LogP contribution in [0.2, 0.25) is 0 Å². The molecule has 2 fully saturated rings. The zero-order valence-electron chi connectivity index (χ0n) is 16.7. The summed E-state index contributed by atoms with van der Waals surface area (Å²) < 4.78 is 2.05. The number of carbonyl (C=O) groups excluding carboxylic acids is 2. The second-order valence-electron chi connectivity index (χ2n) is 8.79. The Hall–Kier alpha value is -1.85. The number of likely N-dealkylation sites (tertiary alicyclic amines) is 2. The molecule has 2 amide bonds. The molecule has 0 aliphatic carbocycles. The van der Waals surface area contributed by atoms with E-state index in [1.54, 1.807) is 0 Å². The number of piperidine rings is 2. The first-order chi connectivity index (χ1) is 13.0. The number of aromatic nitrogens is 2. The van der Waals surface area contributed by atoms with Gasteiger partial charge in [-0.05, 0) is 56.8 Å². The van der Waals surface area contributed by atoms with Crippen LogP contribution in [0.4, 0.5) is 0 Å². The van der Waals surface area contributed by atoms with Crippen molar-refractivity contribution in [1.29, 1.82) is 0 Å². The van der Waals surface area contributed by atoms with Crippen LogP contribution in [-0.4, -0.2) is 57.3 Å². The number of hydrogen-bond donors (Lipinski definition) is 0. The number of nitrogens with zero attached hydrogens (tertiary/aromatic N) is 4. The van der Waals surface area contributed by atoms with Crippen LogP contribution >= 0.6 is 0 Å². The highest BCUT2D eigenvalue weighted by Crippen LogP contribution is 2.26. The summed E-state index contributed by atoms with van der Waals surface area (Å²) in [6.07, 6.45) is 7.18. The van der Waals surface area contributed by atoms with Gasteiger partial charge in [-0.3, -0.25) is 9.59 Å². The number of hydrogen-bond acceptors (Lipinski definition) is 3. The van der Waals surface area contributed by atoms with Gasteiger partial charge in [0, 0.05) is 32.7 Å². The number of rotatable bonds is 2. The lowest BCUT2D eigenvalue weighted by atomic mass is 9.98. The molecule has 0 saturated carbocycles. The van der Waals surface area contributed by atoms with Gasteiger partial charge in [-0.25, -0.2) is 4.98 Å². The summed E-state index contributed by atoms with van der Waals surface area (Å²) >= 11 is 0. The van der Waals surface area contributed by atoms with Gasteiger partial charge in [0.05, 0.1) is 5.69 Å². The molecule has 0 spiro atoms. The summed E-state index contributed by atoms with van der Waals surface area (Å²) in [5.41, 5.74) is 1.52. The van der Waals surface area contributed by atoms with Crippen molar-refractivity contribution >= 4 is 11.8 Å². The first-order valence-electron chi connectivity index (χ1n) is 10.7. The molecule has 6 nitrogen and oxygen atoms in total. The standard InChI is InChI=1S/C21H32N4O2/c1-15-6-11-23(12-7-15)20(26)18-17-5-3-4-10-25(17)19(22-18)21(27)24-13-8-16(2)9-14-24/h15-16H,3-14H2,1-2H3. The molecule has 0 aromatic carbocycles. The molecule has 1 aromatic rings. The van der Waals surface area contributed by atoms with Crippen LogP contribution in [0.3, 0.4) is 0 Å². The van der Waals surface area contributed by atoms with Crippen LogP contribution in [0.5, 0.6) is 0 Å². The second-order valence-corrected chi connectivity index (χ2v) is 8.79. The summed E-state index contributed by atoms with van der Waals surface area (Å²) in [6.45, 7) is 8.51. The minimum absolute atomic E-state index is 0.0105. The summed E-state index contributed by atoms with van der Waals surface area (Å²) in [5, 5.41) is 0. The van der Waals surface area contributed by atoms with Crippen molar-refractivity contribution in [2.24, 2.45) is 11.8 Å². The molecule has 27 heavy (non-hydrogen) atoms. The van der Waals surface area contributed by atoms with E-state index >= 15 is 0 Å². The van der Waals surface area contributed by atoms with E-state index < -0.39 is 0 Å². The van der Waals surface area contributed by atoms with E-state index in [0.717, 1.165) is 83.4 Å². The van der Waals surface area contributed by atoms with Gasteiger partial charge in [-0.2, -0.15) is 0 Å². The highest BCUT2D eigenvalue weighted by molar-refractivity contribution is 5.97. The Morgan fingerprint density at radius 1 is 0.815 bits per heavy atom. The zero-order chi connectivity index (χ0) is 19.0. The SMILES string of the molecule is CC1CCN(C(=O)c2nc(C(=O)N3CCC(C)CC3)n3c2CCCC3)CC1. The predicted octanol–water partition coefficient (Wildman–Crippen LogP) is 2.96. The fraction of sp³-hybridized carbons (Fsp3) is 0.762. The summed E-state index contributed by atoms with van der Waals surface area (Å²) in [6, 6.07) is 0. The third kappa shape index (κ3) is 3.63. The molecule has 0 bridgehead atoms. The van der Waals surface area contributed by atoms with Gasteiger partial charge in [0.2, 0.25) is 0 Å². The minimum Gasteiger partial charge on any atom is -0.337 e. The number of amides is 2. The second kappa shape index (κ2) is 7.64. The molecule has 4 heterocycles. The predicted molar refractivity (Wildman–Crippen MR) is 104 cm³/mol. The maximum Gasteiger partial charge on any atom is 0.289 e. The van der Waals surface area contributed by atoms with Crippen molar-refractivity contribution < 1.29 is 9.59 Å². The molecule has 0 radical (unpaired) electrons. The van der Waals surface area contributed by atoms with Crippen LogP contribution < -0.4 is 0 Å². The smallest absolute Gasteiger partial charge is 0.289 e. The first-order valence-corrected chi connectivity index (χ1v) is 10.7. The quantitative estimate of drug-likeness (QED) is 0.802. The van der Waals surface area contributed by atoms with E-state index in [1.807, 2.05) is 14.4 Å². The van der Waals surface area contributed by atoms with Crippen LogP contribution in [0.1, 0.15) is 79.2 Å². The van der Waals surface area contributed by atoms with Gasteiger partial charge in [-0.1, -0.05) is 13.8 Å². The Kier molecular flexibility index (Phi) is 5.24. The normalized spacial score (nSPS) is 22.0.